The predicted octanol–water partition coefficient (Wildman–Crippen LogP) is 4.43. The molecule has 1 fully saturated rings. The smallest absolute Gasteiger partial charge is 0.410 e. The van der Waals surface area contributed by atoms with E-state index in [2.05, 4.69) is 26.6 Å². The van der Waals surface area contributed by atoms with E-state index in [9.17, 15) is 43.5 Å². The van der Waals surface area contributed by atoms with Crippen LogP contribution in [0.15, 0.2) is 54.6 Å². The van der Waals surface area contributed by atoms with Crippen LogP contribution in [0.5, 0.6) is 0 Å². The summed E-state index contributed by atoms with van der Waals surface area (Å²) < 4.78 is 17.7. The molecule has 448 valence electrons. The molecule has 2 aromatic rings. The number of methoxy groups -OCH3 is 2. The molecule has 2 aromatic carbocycles. The van der Waals surface area contributed by atoms with Gasteiger partial charge in [-0.1, -0.05) is 111 Å². The highest BCUT2D eigenvalue weighted by Gasteiger charge is 2.44. The van der Waals surface area contributed by atoms with Crippen LogP contribution in [0.3, 0.4) is 0 Å². The average Bonchev–Trinajstić information content (AvgIpc) is 3.91. The molecule has 2 unspecified atom stereocenters. The first-order valence-electron chi connectivity index (χ1n) is 28.0. The van der Waals surface area contributed by atoms with Crippen LogP contribution in [-0.2, 0) is 49.6 Å². The van der Waals surface area contributed by atoms with E-state index >= 15 is 0 Å². The molecule has 22 nitrogen and oxygen atoms in total. The van der Waals surface area contributed by atoms with E-state index < -0.39 is 114 Å². The number of carbonyl (C=O) groups excluding carboxylic acids is 8. The number of benzene rings is 2. The van der Waals surface area contributed by atoms with Gasteiger partial charge in [-0.2, -0.15) is 0 Å². The number of ether oxygens (including phenoxy) is 3. The van der Waals surface area contributed by atoms with Crippen molar-refractivity contribution in [3.8, 4) is 0 Å². The molecular weight excluding hydrogens is 1030 g/mol. The average molecular weight is 1120 g/mol. The van der Waals surface area contributed by atoms with Gasteiger partial charge in [-0.25, -0.2) is 9.59 Å². The molecule has 12 atom stereocenters. The minimum atomic E-state index is -1.05. The van der Waals surface area contributed by atoms with Gasteiger partial charge in [-0.15, -0.1) is 0 Å². The molecule has 1 aliphatic rings. The number of hydrogen-bond acceptors (Lipinski definition) is 13. The molecule has 10 N–H and O–H groups in total. The van der Waals surface area contributed by atoms with Crippen LogP contribution < -0.4 is 38.1 Å². The number of nitrogens with one attached hydrogen (secondary N) is 5. The number of aliphatic hydroxyl groups is 1. The zero-order valence-corrected chi connectivity index (χ0v) is 49.7. The van der Waals surface area contributed by atoms with Gasteiger partial charge >= 0.3 is 12.1 Å². The maximum Gasteiger partial charge on any atom is 0.410 e. The number of likely N-dealkylation sites (tertiary alicyclic amines) is 1. The molecule has 0 spiro atoms. The third kappa shape index (κ3) is 19.4. The van der Waals surface area contributed by atoms with Crippen molar-refractivity contribution in [1.82, 2.24) is 36.0 Å². The summed E-state index contributed by atoms with van der Waals surface area (Å²) in [6.07, 6.45) is -0.736. The van der Waals surface area contributed by atoms with E-state index in [-0.39, 0.29) is 49.6 Å². The molecule has 9 amide bonds. The summed E-state index contributed by atoms with van der Waals surface area (Å²) in [7, 11) is 6.12. The maximum absolute atomic E-state index is 14.7. The fourth-order valence-corrected chi connectivity index (χ4v) is 10.2. The molecule has 80 heavy (non-hydrogen) atoms. The Balaban J connectivity index is 1.70. The van der Waals surface area contributed by atoms with E-state index in [0.29, 0.717) is 49.0 Å². The first-order chi connectivity index (χ1) is 37.7. The van der Waals surface area contributed by atoms with E-state index in [1.54, 1.807) is 94.8 Å². The van der Waals surface area contributed by atoms with E-state index in [0.717, 1.165) is 0 Å². The summed E-state index contributed by atoms with van der Waals surface area (Å²) in [5.74, 6) is -4.32. The number of nitrogens with zero attached hydrogens (tertiary/aromatic N) is 3. The van der Waals surface area contributed by atoms with Gasteiger partial charge < -0.3 is 67.2 Å². The van der Waals surface area contributed by atoms with Crippen LogP contribution in [0.4, 0.5) is 15.3 Å². The molecule has 1 saturated heterocycles. The van der Waals surface area contributed by atoms with Gasteiger partial charge in [-0.3, -0.25) is 33.7 Å². The van der Waals surface area contributed by atoms with Gasteiger partial charge in [0, 0.05) is 47.1 Å². The quantitative estimate of drug-likeness (QED) is 0.0485. The largest absolute Gasteiger partial charge is 0.445 e. The zero-order valence-electron chi connectivity index (χ0n) is 49.7. The predicted molar refractivity (Wildman–Crippen MR) is 305 cm³/mol. The number of amides is 9. The molecule has 0 bridgehead atoms. The Bertz CT molecular complexity index is 2320. The third-order valence-electron chi connectivity index (χ3n) is 15.3. The monoisotopic (exact) mass is 1120 g/mol. The van der Waals surface area contributed by atoms with Gasteiger partial charge in [0.15, 0.2) is 0 Å². The van der Waals surface area contributed by atoms with Gasteiger partial charge in [-0.05, 0) is 79.5 Å². The van der Waals surface area contributed by atoms with E-state index in [1.165, 1.54) is 26.2 Å². The van der Waals surface area contributed by atoms with Crippen molar-refractivity contribution in [3.63, 3.8) is 0 Å². The van der Waals surface area contributed by atoms with Crippen molar-refractivity contribution in [1.29, 1.82) is 0 Å². The molecule has 1 aliphatic heterocycles. The number of primary amides is 1. The lowest BCUT2D eigenvalue weighted by Gasteiger charge is -2.41. The summed E-state index contributed by atoms with van der Waals surface area (Å²) in [5, 5.41) is 24.8. The standard InChI is InChI=1S/C58H94N10O12/c1-15-36(8)49(44(78-13)31-45(69)68-30-20-24-43(68)51(79-14)37(9)52(71)62-38(10)50(70)40-21-17-16-18-22-40)66(11)56(75)47(34(4)5)65-55(74)48(35(6)7)67(12)58(77)80-32-39-25-27-41(28-26-39)63-53(72)42(23-19-29-61-57(60)76)64-54(73)46(59)33(2)3/h16-18,21-22,25-28,33-38,42-44,46-51,70H,15,19-20,23-24,29-32,59H2,1-14H3,(H,62,71)(H,63,72)(H,64,73)(H,65,74)(H3,60,61,76)/t36?,37-,38-,42+,43+,44?,46+,47+,48+,49+,50-,51-/m1/s1. The molecule has 0 aromatic heterocycles. The number of nitrogens with two attached hydrogens (primary N) is 2. The maximum atomic E-state index is 14.7. The van der Waals surface area contributed by atoms with Crippen molar-refractivity contribution in [2.75, 3.05) is 46.7 Å². The fourth-order valence-electron chi connectivity index (χ4n) is 10.2. The molecule has 1 heterocycles. The number of likely N-dealkylation sites (N-methyl/N-ethyl adjacent to an activating group) is 2. The Morgan fingerprint density at radius 2 is 1.41 bits per heavy atom. The minimum absolute atomic E-state index is 0.0747. The summed E-state index contributed by atoms with van der Waals surface area (Å²) in [6.45, 7) is 18.7. The Labute approximate surface area is 473 Å². The lowest BCUT2D eigenvalue weighted by molar-refractivity contribution is -0.148. The van der Waals surface area contributed by atoms with Gasteiger partial charge in [0.2, 0.25) is 35.4 Å². The highest BCUT2D eigenvalue weighted by Crippen LogP contribution is 2.30. The van der Waals surface area contributed by atoms with E-state index in [1.807, 2.05) is 45.9 Å². The van der Waals surface area contributed by atoms with E-state index in [4.69, 9.17) is 25.7 Å². The normalized spacial score (nSPS) is 17.6. The van der Waals surface area contributed by atoms with Crippen LogP contribution in [0.2, 0.25) is 0 Å². The zero-order chi connectivity index (χ0) is 60.1. The SMILES string of the molecule is CCC(C)[C@@H](C(CC(=O)N1CCC[C@H]1[C@H](OC)[C@@H](C)C(=O)N[C@H](C)[C@@H](O)c1ccccc1)OC)N(C)C(=O)[C@@H](NC(=O)[C@H](C(C)C)N(C)C(=O)OCc1ccc(NC(=O)[C@H](CCCNC(N)=O)NC(=O)[C@@H](N)C(C)C)cc1)C(C)C. The molecule has 0 radical (unpaired) electrons. The molecule has 22 heteroatoms. The number of rotatable bonds is 31. The Hall–Kier alpha value is -6.36. The van der Waals surface area contributed by atoms with Crippen LogP contribution in [0.1, 0.15) is 125 Å². The molecule has 0 saturated carbocycles. The fraction of sp³-hybridized carbons (Fsp3) is 0.655. The minimum Gasteiger partial charge on any atom is -0.445 e. The van der Waals surface area contributed by atoms with Crippen LogP contribution in [0, 0.1) is 29.6 Å². The number of urea groups is 1. The highest BCUT2D eigenvalue weighted by atomic mass is 16.6. The first-order valence-corrected chi connectivity index (χ1v) is 28.0. The van der Waals surface area contributed by atoms with Gasteiger partial charge in [0.25, 0.3) is 0 Å². The molecule has 3 rings (SSSR count). The summed E-state index contributed by atoms with van der Waals surface area (Å²) in [4.78, 5) is 112. The van der Waals surface area contributed by atoms with Crippen LogP contribution >= 0.6 is 0 Å². The third-order valence-corrected chi connectivity index (χ3v) is 15.3. The number of aliphatic hydroxyl groups excluding tert-OH is 1. The topological polar surface area (TPSA) is 306 Å². The lowest BCUT2D eigenvalue weighted by Crippen LogP contribution is -2.60. The molecular formula is C58H94N10O12. The Kier molecular flexibility index (Phi) is 27.8. The summed E-state index contributed by atoms with van der Waals surface area (Å²) >= 11 is 0. The van der Waals surface area contributed by atoms with Crippen molar-refractivity contribution in [2.24, 2.45) is 41.1 Å². The van der Waals surface area contributed by atoms with Crippen LogP contribution in [-0.4, -0.2) is 163 Å². The first kappa shape index (κ1) is 67.9. The summed E-state index contributed by atoms with van der Waals surface area (Å²) in [6, 6.07) is 9.37. The highest BCUT2D eigenvalue weighted by molar-refractivity contribution is 5.98. The molecule has 0 aliphatic carbocycles. The van der Waals surface area contributed by atoms with Crippen molar-refractivity contribution in [3.05, 3.63) is 65.7 Å². The van der Waals surface area contributed by atoms with Crippen molar-refractivity contribution >= 4 is 53.3 Å². The second kappa shape index (κ2) is 32.8. The Morgan fingerprint density at radius 1 is 0.775 bits per heavy atom. The van der Waals surface area contributed by atoms with Crippen molar-refractivity contribution in [2.45, 2.75) is 175 Å². The lowest BCUT2D eigenvalue weighted by atomic mass is 9.89. The summed E-state index contributed by atoms with van der Waals surface area (Å²) in [5.41, 5.74) is 12.8. The number of anilines is 1. The number of hydrogen-bond donors (Lipinski definition) is 8. The van der Waals surface area contributed by atoms with Gasteiger partial charge in [0.05, 0.1) is 54.8 Å². The second-order valence-corrected chi connectivity index (χ2v) is 22.3. The Morgan fingerprint density at radius 3 is 1.96 bits per heavy atom. The number of carbonyl (C=O) groups is 8. The van der Waals surface area contributed by atoms with Crippen LogP contribution in [0.25, 0.3) is 0 Å². The van der Waals surface area contributed by atoms with Gasteiger partial charge in [0.1, 0.15) is 24.7 Å². The van der Waals surface area contributed by atoms with Crippen molar-refractivity contribution < 1.29 is 57.7 Å². The second-order valence-electron chi connectivity index (χ2n) is 22.3.